The number of carbonyl (C=O) groups is 1. The Bertz CT molecular complexity index is 394. The van der Waals surface area contributed by atoms with Gasteiger partial charge < -0.3 is 9.47 Å². The van der Waals surface area contributed by atoms with E-state index >= 15 is 0 Å². The first-order chi connectivity index (χ1) is 9.89. The highest BCUT2D eigenvalue weighted by Gasteiger charge is 2.61. The van der Waals surface area contributed by atoms with Crippen LogP contribution in [0.1, 0.15) is 0 Å². The fraction of sp³-hybridized carbons (Fsp3) is 0.875. The van der Waals surface area contributed by atoms with E-state index in [1.165, 1.54) is 0 Å². The Morgan fingerprint density at radius 3 is 1.48 bits per heavy atom. The number of hydrogen-bond donors (Lipinski definition) is 0. The Hall–Kier alpha value is -1.57. The van der Waals surface area contributed by atoms with E-state index in [4.69, 9.17) is 0 Å². The molecule has 23 heavy (non-hydrogen) atoms. The Balaban J connectivity index is 4.85. The number of carbonyl (C=O) groups excluding carboxylic acids is 1. The lowest BCUT2D eigenvalue weighted by molar-refractivity contribution is -0.311. The van der Waals surface area contributed by atoms with Crippen LogP contribution in [-0.4, -0.2) is 49.5 Å². The molecular weight excluding hydrogens is 372 g/mol. The van der Waals surface area contributed by atoms with E-state index in [-0.39, 0.29) is 0 Å². The van der Waals surface area contributed by atoms with Gasteiger partial charge in [-0.05, 0) is 0 Å². The minimum absolute atomic E-state index is 2.69. The van der Waals surface area contributed by atoms with E-state index in [9.17, 15) is 57.5 Å². The average Bonchev–Trinajstić information content (AvgIpc) is 2.28. The molecule has 0 aliphatic heterocycles. The van der Waals surface area contributed by atoms with Gasteiger partial charge in [0.05, 0.1) is 0 Å². The quantitative estimate of drug-likeness (QED) is 0.546. The molecule has 0 rings (SSSR count). The molecule has 138 valence electrons. The van der Waals surface area contributed by atoms with Crippen molar-refractivity contribution in [3.63, 3.8) is 0 Å². The molecule has 0 aromatic heterocycles. The van der Waals surface area contributed by atoms with Gasteiger partial charge in [-0.15, -0.1) is 0 Å². The minimum atomic E-state index is -6.20. The highest BCUT2D eigenvalue weighted by Crippen LogP contribution is 2.37. The van der Waals surface area contributed by atoms with E-state index < -0.39 is 49.5 Å². The molecule has 1 atom stereocenters. The maximum atomic E-state index is 12.6. The number of alkyl halides is 12. The van der Waals surface area contributed by atoms with E-state index in [1.807, 2.05) is 0 Å². The monoisotopic (exact) mass is 376 g/mol. The number of rotatable bonds is 4. The van der Waals surface area contributed by atoms with Crippen molar-refractivity contribution in [2.45, 2.75) is 36.7 Å². The summed E-state index contributed by atoms with van der Waals surface area (Å²) < 4.78 is 150. The molecule has 0 saturated carbocycles. The van der Waals surface area contributed by atoms with Crippen molar-refractivity contribution in [2.24, 2.45) is 0 Å². The number of hydrogen-bond acceptors (Lipinski definition) is 3. The van der Waals surface area contributed by atoms with Gasteiger partial charge in [-0.25, -0.2) is 9.18 Å². The molecule has 0 amide bonds. The summed E-state index contributed by atoms with van der Waals surface area (Å²) in [5.41, 5.74) is 0. The molecule has 0 aliphatic carbocycles. The maximum Gasteiger partial charge on any atom is 0.509 e. The normalized spacial score (nSPS) is 15.5. The van der Waals surface area contributed by atoms with E-state index in [2.05, 4.69) is 9.47 Å². The smallest absolute Gasteiger partial charge is 0.428 e. The molecule has 0 bridgehead atoms. The minimum Gasteiger partial charge on any atom is -0.428 e. The van der Waals surface area contributed by atoms with Gasteiger partial charge in [0.15, 0.2) is 6.61 Å². The predicted octanol–water partition coefficient (Wildman–Crippen LogP) is 4.17. The molecule has 0 N–H and O–H groups in total. The summed E-state index contributed by atoms with van der Waals surface area (Å²) in [5.74, 6) is -5.46. The van der Waals surface area contributed by atoms with Crippen LogP contribution in [0.2, 0.25) is 0 Å². The summed E-state index contributed by atoms with van der Waals surface area (Å²) in [6.07, 6.45) is -31.2. The lowest BCUT2D eigenvalue weighted by Gasteiger charge is -2.24. The van der Waals surface area contributed by atoms with Crippen LogP contribution in [0.3, 0.4) is 0 Å². The Morgan fingerprint density at radius 2 is 1.17 bits per heavy atom. The van der Waals surface area contributed by atoms with Crippen molar-refractivity contribution in [1.82, 2.24) is 0 Å². The fourth-order valence-corrected chi connectivity index (χ4v) is 0.917. The molecule has 0 unspecified atom stereocenters. The van der Waals surface area contributed by atoms with E-state index in [0.717, 1.165) is 0 Å². The van der Waals surface area contributed by atoms with Crippen LogP contribution in [-0.2, 0) is 9.47 Å². The maximum absolute atomic E-state index is 12.6. The number of ether oxygens (including phenoxy) is 2. The summed E-state index contributed by atoms with van der Waals surface area (Å²) in [6.45, 7) is -2.80. The molecule has 0 fully saturated rings. The largest absolute Gasteiger partial charge is 0.509 e. The molecule has 0 heterocycles. The summed E-state index contributed by atoms with van der Waals surface area (Å²) >= 11 is 0. The first-order valence-corrected chi connectivity index (χ1v) is 4.94. The van der Waals surface area contributed by atoms with Crippen molar-refractivity contribution in [3.8, 4) is 0 Å². The third kappa shape index (κ3) is 6.60. The van der Waals surface area contributed by atoms with Crippen molar-refractivity contribution < 1.29 is 67.0 Å². The van der Waals surface area contributed by atoms with Gasteiger partial charge in [0, 0.05) is 0 Å². The van der Waals surface area contributed by atoms with E-state index in [0.29, 0.717) is 0 Å². The number of halogens is 12. The molecule has 0 aromatic carbocycles. The Morgan fingerprint density at radius 1 is 0.783 bits per heavy atom. The second kappa shape index (κ2) is 6.51. The zero-order valence-electron chi connectivity index (χ0n) is 10.1. The van der Waals surface area contributed by atoms with Crippen LogP contribution in [0, 0.1) is 0 Å². The van der Waals surface area contributed by atoms with Crippen LogP contribution in [0.15, 0.2) is 0 Å². The lowest BCUT2D eigenvalue weighted by Crippen LogP contribution is -2.47. The van der Waals surface area contributed by atoms with Crippen LogP contribution in [0.5, 0.6) is 0 Å². The van der Waals surface area contributed by atoms with Crippen molar-refractivity contribution >= 4 is 6.16 Å². The van der Waals surface area contributed by atoms with Gasteiger partial charge in [0.2, 0.25) is 0 Å². The average molecular weight is 376 g/mol. The van der Waals surface area contributed by atoms with Crippen LogP contribution >= 0.6 is 0 Å². The molecular formula is C8H4F12O3. The third-order valence-corrected chi connectivity index (χ3v) is 1.85. The Kier molecular flexibility index (Phi) is 6.06. The second-order valence-corrected chi connectivity index (χ2v) is 3.78. The SMILES string of the molecule is O=C(OCC(F)(F)[C@@H](F)C(F)(F)F)OC(C(F)(F)F)C(F)(F)F. The van der Waals surface area contributed by atoms with Crippen LogP contribution in [0.4, 0.5) is 57.5 Å². The van der Waals surface area contributed by atoms with Crippen molar-refractivity contribution in [1.29, 1.82) is 0 Å². The molecule has 0 spiro atoms. The zero-order valence-corrected chi connectivity index (χ0v) is 10.1. The molecule has 15 heteroatoms. The molecule has 0 aromatic rings. The Labute approximate surface area is 118 Å². The molecule has 0 aliphatic rings. The summed E-state index contributed by atoms with van der Waals surface area (Å²) in [5, 5.41) is 0. The fourth-order valence-electron chi connectivity index (χ4n) is 0.917. The van der Waals surface area contributed by atoms with Gasteiger partial charge in [0.25, 0.3) is 12.3 Å². The lowest BCUT2D eigenvalue weighted by atomic mass is 10.2. The zero-order chi connectivity index (χ0) is 18.9. The standard InChI is InChI=1S/C8H4F12O3/c9-2(6(12,13)14)5(10,11)1-22-4(21)23-3(7(15,16)17)8(18,19)20/h2-3H,1H2/t2-/m1/s1. The summed E-state index contributed by atoms with van der Waals surface area (Å²) in [6, 6.07) is 0. The van der Waals surface area contributed by atoms with Gasteiger partial charge in [-0.1, -0.05) is 0 Å². The van der Waals surface area contributed by atoms with Crippen molar-refractivity contribution in [3.05, 3.63) is 0 Å². The van der Waals surface area contributed by atoms with Gasteiger partial charge in [0.1, 0.15) is 0 Å². The highest BCUT2D eigenvalue weighted by atomic mass is 19.4. The summed E-state index contributed by atoms with van der Waals surface area (Å²) in [7, 11) is 0. The van der Waals surface area contributed by atoms with Crippen LogP contribution < -0.4 is 0 Å². The van der Waals surface area contributed by atoms with Gasteiger partial charge in [-0.2, -0.15) is 48.3 Å². The van der Waals surface area contributed by atoms with E-state index in [1.54, 1.807) is 0 Å². The molecule has 0 saturated heterocycles. The molecule has 0 radical (unpaired) electrons. The predicted molar refractivity (Wildman–Crippen MR) is 44.2 cm³/mol. The first kappa shape index (κ1) is 21.4. The topological polar surface area (TPSA) is 35.5 Å². The highest BCUT2D eigenvalue weighted by molar-refractivity contribution is 5.60. The summed E-state index contributed by atoms with van der Waals surface area (Å²) in [4.78, 5) is 10.5. The first-order valence-electron chi connectivity index (χ1n) is 4.94. The van der Waals surface area contributed by atoms with Gasteiger partial charge >= 0.3 is 30.6 Å². The molecule has 3 nitrogen and oxygen atoms in total. The third-order valence-electron chi connectivity index (χ3n) is 1.85. The van der Waals surface area contributed by atoms with Crippen LogP contribution in [0.25, 0.3) is 0 Å². The van der Waals surface area contributed by atoms with Crippen molar-refractivity contribution in [2.75, 3.05) is 6.61 Å². The van der Waals surface area contributed by atoms with Gasteiger partial charge in [-0.3, -0.25) is 0 Å². The second-order valence-electron chi connectivity index (χ2n) is 3.78.